The second-order valence-electron chi connectivity index (χ2n) is 6.28. The Kier molecular flexibility index (Phi) is 3.63. The zero-order valence-corrected chi connectivity index (χ0v) is 13.0. The van der Waals surface area contributed by atoms with Crippen molar-refractivity contribution in [3.63, 3.8) is 0 Å². The van der Waals surface area contributed by atoms with Crippen molar-refractivity contribution in [2.45, 2.75) is 18.5 Å². The Bertz CT molecular complexity index is 729. The van der Waals surface area contributed by atoms with Crippen LogP contribution in [0.3, 0.4) is 0 Å². The Balaban J connectivity index is 1.90. The number of rotatable bonds is 2. The van der Waals surface area contributed by atoms with Crippen LogP contribution in [0.2, 0.25) is 0 Å². The molecule has 3 N–H and O–H groups in total. The predicted molar refractivity (Wildman–Crippen MR) is 89.9 cm³/mol. The molecule has 1 fully saturated rings. The molecule has 2 aromatic rings. The lowest BCUT2D eigenvalue weighted by Gasteiger charge is -2.44. The van der Waals surface area contributed by atoms with Gasteiger partial charge in [-0.1, -0.05) is 48.5 Å². The summed E-state index contributed by atoms with van der Waals surface area (Å²) in [5.74, 6) is 0.381. The van der Waals surface area contributed by atoms with Gasteiger partial charge in [-0.2, -0.15) is 0 Å². The predicted octanol–water partition coefficient (Wildman–Crippen LogP) is 1.76. The standard InChI is InChI=1S/C19H21N3O/c20-11-14-7-4-8-15-17(14)16(13-5-2-1-3-6-13)12-22-10-9-21-19(23)18(15)22/h1-8,16,18H,9-12,20H2,(H,21,23)/t16-,18+/m1/s1. The van der Waals surface area contributed by atoms with Crippen LogP contribution in [0, 0.1) is 0 Å². The number of amides is 1. The fourth-order valence-electron chi connectivity index (χ4n) is 4.01. The van der Waals surface area contributed by atoms with Gasteiger partial charge >= 0.3 is 0 Å². The molecule has 2 aliphatic rings. The van der Waals surface area contributed by atoms with Gasteiger partial charge in [-0.25, -0.2) is 0 Å². The van der Waals surface area contributed by atoms with Crippen LogP contribution < -0.4 is 11.1 Å². The number of piperazine rings is 1. The van der Waals surface area contributed by atoms with E-state index >= 15 is 0 Å². The summed E-state index contributed by atoms with van der Waals surface area (Å²) < 4.78 is 0. The lowest BCUT2D eigenvalue weighted by Crippen LogP contribution is -2.53. The molecule has 4 heteroatoms. The molecule has 0 saturated carbocycles. The Morgan fingerprint density at radius 1 is 1.13 bits per heavy atom. The first-order valence-corrected chi connectivity index (χ1v) is 8.18. The molecule has 0 aromatic heterocycles. The Labute approximate surface area is 136 Å². The summed E-state index contributed by atoms with van der Waals surface area (Å²) in [4.78, 5) is 14.8. The third-order valence-corrected chi connectivity index (χ3v) is 5.02. The minimum absolute atomic E-state index is 0.109. The highest BCUT2D eigenvalue weighted by Crippen LogP contribution is 2.41. The molecule has 0 aliphatic carbocycles. The van der Waals surface area contributed by atoms with Crippen LogP contribution in [-0.4, -0.2) is 30.4 Å². The third-order valence-electron chi connectivity index (χ3n) is 5.02. The zero-order valence-electron chi connectivity index (χ0n) is 13.0. The van der Waals surface area contributed by atoms with E-state index in [9.17, 15) is 4.79 Å². The number of benzene rings is 2. The molecule has 1 saturated heterocycles. The van der Waals surface area contributed by atoms with Gasteiger partial charge < -0.3 is 11.1 Å². The number of hydrogen-bond donors (Lipinski definition) is 2. The van der Waals surface area contributed by atoms with Gasteiger partial charge in [0, 0.05) is 32.1 Å². The van der Waals surface area contributed by atoms with Crippen molar-refractivity contribution in [2.24, 2.45) is 5.73 Å². The van der Waals surface area contributed by atoms with Crippen molar-refractivity contribution in [1.29, 1.82) is 0 Å². The maximum atomic E-state index is 12.5. The average Bonchev–Trinajstić information content (AvgIpc) is 2.61. The summed E-state index contributed by atoms with van der Waals surface area (Å²) in [7, 11) is 0. The number of fused-ring (bicyclic) bond motifs is 3. The molecule has 2 aliphatic heterocycles. The van der Waals surface area contributed by atoms with E-state index in [1.165, 1.54) is 11.1 Å². The topological polar surface area (TPSA) is 58.4 Å². The number of nitrogens with two attached hydrogens (primary N) is 1. The molecular formula is C19H21N3O. The maximum absolute atomic E-state index is 12.5. The van der Waals surface area contributed by atoms with E-state index in [1.807, 2.05) is 12.1 Å². The zero-order chi connectivity index (χ0) is 15.8. The van der Waals surface area contributed by atoms with Gasteiger partial charge in [0.2, 0.25) is 5.91 Å². The van der Waals surface area contributed by atoms with Gasteiger partial charge in [-0.15, -0.1) is 0 Å². The molecule has 4 nitrogen and oxygen atoms in total. The summed E-state index contributed by atoms with van der Waals surface area (Å²) >= 11 is 0. The molecule has 1 amide bonds. The van der Waals surface area contributed by atoms with E-state index in [-0.39, 0.29) is 17.9 Å². The summed E-state index contributed by atoms with van der Waals surface area (Å²) in [6, 6.07) is 16.6. The van der Waals surface area contributed by atoms with E-state index in [0.29, 0.717) is 6.54 Å². The van der Waals surface area contributed by atoms with Crippen LogP contribution in [-0.2, 0) is 11.3 Å². The average molecular weight is 307 g/mol. The van der Waals surface area contributed by atoms with E-state index < -0.39 is 0 Å². The first-order chi connectivity index (χ1) is 11.3. The maximum Gasteiger partial charge on any atom is 0.242 e. The second-order valence-corrected chi connectivity index (χ2v) is 6.28. The summed E-state index contributed by atoms with van der Waals surface area (Å²) in [5.41, 5.74) is 10.8. The quantitative estimate of drug-likeness (QED) is 0.889. The molecule has 0 bridgehead atoms. The van der Waals surface area contributed by atoms with Gasteiger partial charge in [0.1, 0.15) is 6.04 Å². The largest absolute Gasteiger partial charge is 0.353 e. The van der Waals surface area contributed by atoms with Crippen LogP contribution >= 0.6 is 0 Å². The van der Waals surface area contributed by atoms with Crippen molar-refractivity contribution in [2.75, 3.05) is 19.6 Å². The van der Waals surface area contributed by atoms with E-state index in [0.717, 1.165) is 30.8 Å². The van der Waals surface area contributed by atoms with Crippen molar-refractivity contribution in [1.82, 2.24) is 10.2 Å². The Morgan fingerprint density at radius 3 is 2.74 bits per heavy atom. The molecule has 4 rings (SSSR count). The summed E-state index contributed by atoms with van der Waals surface area (Å²) in [6.07, 6.45) is 0. The highest BCUT2D eigenvalue weighted by Gasteiger charge is 2.40. The molecule has 0 spiro atoms. The number of nitrogens with zero attached hydrogens (tertiary/aromatic N) is 1. The van der Waals surface area contributed by atoms with E-state index in [4.69, 9.17) is 5.73 Å². The highest BCUT2D eigenvalue weighted by molar-refractivity contribution is 5.85. The number of hydrogen-bond acceptors (Lipinski definition) is 3. The van der Waals surface area contributed by atoms with Gasteiger partial charge in [0.05, 0.1) is 0 Å². The van der Waals surface area contributed by atoms with Gasteiger partial charge in [0.15, 0.2) is 0 Å². The van der Waals surface area contributed by atoms with Crippen LogP contribution in [0.5, 0.6) is 0 Å². The summed E-state index contributed by atoms with van der Waals surface area (Å²) in [5, 5.41) is 3.00. The molecule has 0 unspecified atom stereocenters. The monoisotopic (exact) mass is 307 g/mol. The Morgan fingerprint density at radius 2 is 1.96 bits per heavy atom. The molecule has 2 heterocycles. The van der Waals surface area contributed by atoms with Crippen molar-refractivity contribution in [3.8, 4) is 0 Å². The first-order valence-electron chi connectivity index (χ1n) is 8.18. The minimum Gasteiger partial charge on any atom is -0.353 e. The van der Waals surface area contributed by atoms with Crippen molar-refractivity contribution in [3.05, 3.63) is 70.8 Å². The molecule has 0 radical (unpaired) electrons. The normalized spacial score (nSPS) is 23.8. The molecular weight excluding hydrogens is 286 g/mol. The van der Waals surface area contributed by atoms with Gasteiger partial charge in [-0.3, -0.25) is 9.69 Å². The lowest BCUT2D eigenvalue weighted by molar-refractivity contribution is -0.129. The smallest absolute Gasteiger partial charge is 0.242 e. The highest BCUT2D eigenvalue weighted by atomic mass is 16.2. The number of carbonyl (C=O) groups is 1. The minimum atomic E-state index is -0.176. The number of nitrogens with one attached hydrogen (secondary N) is 1. The van der Waals surface area contributed by atoms with Crippen molar-refractivity contribution >= 4 is 5.91 Å². The Hall–Kier alpha value is -2.17. The third kappa shape index (κ3) is 2.35. The second kappa shape index (κ2) is 5.80. The van der Waals surface area contributed by atoms with Crippen LogP contribution in [0.25, 0.3) is 0 Å². The number of carbonyl (C=O) groups excluding carboxylic acids is 1. The van der Waals surface area contributed by atoms with Crippen LogP contribution in [0.15, 0.2) is 48.5 Å². The fourth-order valence-corrected chi connectivity index (χ4v) is 4.01. The van der Waals surface area contributed by atoms with Crippen LogP contribution in [0.1, 0.15) is 34.2 Å². The van der Waals surface area contributed by atoms with Crippen molar-refractivity contribution < 1.29 is 4.79 Å². The lowest BCUT2D eigenvalue weighted by atomic mass is 9.78. The summed E-state index contributed by atoms with van der Waals surface area (Å²) in [6.45, 7) is 2.99. The van der Waals surface area contributed by atoms with E-state index in [2.05, 4.69) is 46.6 Å². The van der Waals surface area contributed by atoms with Crippen LogP contribution in [0.4, 0.5) is 0 Å². The SMILES string of the molecule is NCc1cccc2c1[C@@H](c1ccccc1)CN1CCNC(=O)[C@H]21. The molecule has 2 aromatic carbocycles. The first kappa shape index (κ1) is 14.4. The molecule has 118 valence electrons. The van der Waals surface area contributed by atoms with Gasteiger partial charge in [0.25, 0.3) is 0 Å². The molecule has 2 atom stereocenters. The van der Waals surface area contributed by atoms with E-state index in [1.54, 1.807) is 0 Å². The van der Waals surface area contributed by atoms with Gasteiger partial charge in [-0.05, 0) is 22.3 Å². The molecule has 23 heavy (non-hydrogen) atoms. The fraction of sp³-hybridized carbons (Fsp3) is 0.316.